The minimum absolute atomic E-state index is 0.0802. The number of hydrogen-bond donors (Lipinski definition) is 0. The molecule has 0 aliphatic rings. The van der Waals surface area contributed by atoms with Crippen LogP contribution in [-0.2, 0) is 9.57 Å². The Morgan fingerprint density at radius 3 is 2.38 bits per heavy atom. The van der Waals surface area contributed by atoms with Crippen LogP contribution in [0.3, 0.4) is 0 Å². The summed E-state index contributed by atoms with van der Waals surface area (Å²) in [6.07, 6.45) is -0.958. The zero-order valence-corrected chi connectivity index (χ0v) is 8.97. The maximum absolute atomic E-state index is 11.7. The minimum Gasteiger partial charge on any atom is -0.436 e. The van der Waals surface area contributed by atoms with E-state index in [2.05, 4.69) is 14.7 Å². The van der Waals surface area contributed by atoms with Crippen molar-refractivity contribution in [2.45, 2.75) is 6.92 Å². The molecule has 0 radical (unpaired) electrons. The average Bonchev–Trinajstić information content (AvgIpc) is 2.35. The highest BCUT2D eigenvalue weighted by Crippen LogP contribution is 2.01. The second-order valence-electron chi connectivity index (χ2n) is 2.92. The molecule has 0 saturated carbocycles. The molecule has 0 aromatic heterocycles. The van der Waals surface area contributed by atoms with Crippen LogP contribution in [0.1, 0.15) is 17.3 Å². The summed E-state index contributed by atoms with van der Waals surface area (Å²) >= 11 is 0. The largest absolute Gasteiger partial charge is 0.534 e. The SMILES string of the molecule is COC(=O)O/N=C(\C)C(=O)c1ccccc1. The Morgan fingerprint density at radius 1 is 1.19 bits per heavy atom. The lowest BCUT2D eigenvalue weighted by Gasteiger charge is -1.99. The Hall–Kier alpha value is -2.17. The number of oxime groups is 1. The van der Waals surface area contributed by atoms with Crippen molar-refractivity contribution in [3.8, 4) is 0 Å². The van der Waals surface area contributed by atoms with Crippen molar-refractivity contribution in [2.24, 2.45) is 5.16 Å². The van der Waals surface area contributed by atoms with Crippen LogP contribution in [0.5, 0.6) is 0 Å². The van der Waals surface area contributed by atoms with E-state index in [0.29, 0.717) is 5.56 Å². The molecule has 0 heterocycles. The molecule has 0 N–H and O–H groups in total. The maximum Gasteiger partial charge on any atom is 0.534 e. The fourth-order valence-electron chi connectivity index (χ4n) is 0.983. The van der Waals surface area contributed by atoms with Gasteiger partial charge in [0.2, 0.25) is 5.78 Å². The molecule has 16 heavy (non-hydrogen) atoms. The Kier molecular flexibility index (Phi) is 4.20. The molecule has 0 aliphatic heterocycles. The Morgan fingerprint density at radius 2 is 1.81 bits per heavy atom. The summed E-state index contributed by atoms with van der Waals surface area (Å²) in [6.45, 7) is 1.46. The fourth-order valence-corrected chi connectivity index (χ4v) is 0.983. The molecule has 0 atom stereocenters. The normalized spacial score (nSPS) is 10.8. The number of ketones is 1. The first kappa shape index (κ1) is 11.9. The first-order valence-corrected chi connectivity index (χ1v) is 4.54. The Labute approximate surface area is 92.7 Å². The predicted octanol–water partition coefficient (Wildman–Crippen LogP) is 2.03. The summed E-state index contributed by atoms with van der Waals surface area (Å²) in [5.41, 5.74) is 0.564. The molecule has 0 amide bonds. The van der Waals surface area contributed by atoms with Gasteiger partial charge in [0, 0.05) is 5.56 Å². The summed E-state index contributed by atoms with van der Waals surface area (Å²) in [4.78, 5) is 26.6. The number of ether oxygens (including phenoxy) is 1. The van der Waals surface area contributed by atoms with Gasteiger partial charge in [0.25, 0.3) is 0 Å². The molecule has 1 rings (SSSR count). The molecule has 5 nitrogen and oxygen atoms in total. The van der Waals surface area contributed by atoms with Gasteiger partial charge < -0.3 is 4.74 Å². The highest BCUT2D eigenvalue weighted by Gasteiger charge is 2.10. The van der Waals surface area contributed by atoms with Gasteiger partial charge in [-0.15, -0.1) is 0 Å². The second kappa shape index (κ2) is 5.65. The molecule has 0 bridgehead atoms. The summed E-state index contributed by atoms with van der Waals surface area (Å²) in [5.74, 6) is -0.301. The van der Waals surface area contributed by atoms with Gasteiger partial charge in [-0.3, -0.25) is 9.63 Å². The number of nitrogens with zero attached hydrogens (tertiary/aromatic N) is 1. The highest BCUT2D eigenvalue weighted by molar-refractivity contribution is 6.45. The summed E-state index contributed by atoms with van der Waals surface area (Å²) < 4.78 is 4.21. The van der Waals surface area contributed by atoms with Crippen LogP contribution in [0.25, 0.3) is 0 Å². The van der Waals surface area contributed by atoms with E-state index in [4.69, 9.17) is 0 Å². The molecule has 84 valence electrons. The Balaban J connectivity index is 2.71. The average molecular weight is 221 g/mol. The van der Waals surface area contributed by atoms with Gasteiger partial charge in [-0.1, -0.05) is 35.5 Å². The van der Waals surface area contributed by atoms with Gasteiger partial charge in [-0.25, -0.2) is 4.79 Å². The zero-order chi connectivity index (χ0) is 12.0. The number of carbonyl (C=O) groups excluding carboxylic acids is 2. The van der Waals surface area contributed by atoms with Crippen molar-refractivity contribution in [3.05, 3.63) is 35.9 Å². The number of hydrogen-bond acceptors (Lipinski definition) is 5. The minimum atomic E-state index is -0.958. The van der Waals surface area contributed by atoms with Crippen molar-refractivity contribution in [2.75, 3.05) is 7.11 Å². The van der Waals surface area contributed by atoms with Gasteiger partial charge in [0.1, 0.15) is 5.71 Å². The van der Waals surface area contributed by atoms with Gasteiger partial charge >= 0.3 is 6.16 Å². The summed E-state index contributed by atoms with van der Waals surface area (Å²) in [5, 5.41) is 3.36. The third-order valence-electron chi connectivity index (χ3n) is 1.79. The standard InChI is InChI=1S/C11H11NO4/c1-8(12-16-11(14)15-2)10(13)9-6-4-3-5-7-9/h3-7H,1-2H3/b12-8+. The van der Waals surface area contributed by atoms with E-state index in [1.54, 1.807) is 30.3 Å². The van der Waals surface area contributed by atoms with E-state index in [0.717, 1.165) is 7.11 Å². The molecule has 0 fully saturated rings. The lowest BCUT2D eigenvalue weighted by Crippen LogP contribution is -2.12. The van der Waals surface area contributed by atoms with Gasteiger partial charge in [0.15, 0.2) is 0 Å². The van der Waals surface area contributed by atoms with Crippen LogP contribution in [0, 0.1) is 0 Å². The molecule has 0 unspecified atom stereocenters. The van der Waals surface area contributed by atoms with Crippen LogP contribution in [0.15, 0.2) is 35.5 Å². The maximum atomic E-state index is 11.7. The number of benzene rings is 1. The van der Waals surface area contributed by atoms with Crippen molar-refractivity contribution >= 4 is 17.7 Å². The van der Waals surface area contributed by atoms with E-state index >= 15 is 0 Å². The molecule has 0 spiro atoms. The van der Waals surface area contributed by atoms with E-state index in [1.807, 2.05) is 0 Å². The van der Waals surface area contributed by atoms with E-state index in [-0.39, 0.29) is 11.5 Å². The van der Waals surface area contributed by atoms with Crippen molar-refractivity contribution in [3.63, 3.8) is 0 Å². The summed E-state index contributed by atoms with van der Waals surface area (Å²) in [7, 11) is 1.16. The van der Waals surface area contributed by atoms with Crippen molar-refractivity contribution < 1.29 is 19.2 Å². The highest BCUT2D eigenvalue weighted by atomic mass is 16.8. The number of rotatable bonds is 3. The first-order chi connectivity index (χ1) is 7.65. The predicted molar refractivity (Wildman–Crippen MR) is 57.4 cm³/mol. The van der Waals surface area contributed by atoms with Crippen LogP contribution in [0.4, 0.5) is 4.79 Å². The third kappa shape index (κ3) is 3.20. The summed E-state index contributed by atoms with van der Waals surface area (Å²) in [6, 6.07) is 8.58. The van der Waals surface area contributed by atoms with Crippen molar-refractivity contribution in [1.29, 1.82) is 0 Å². The molecule has 1 aromatic rings. The smallest absolute Gasteiger partial charge is 0.436 e. The number of methoxy groups -OCH3 is 1. The molecular formula is C11H11NO4. The van der Waals surface area contributed by atoms with Crippen LogP contribution in [-0.4, -0.2) is 24.8 Å². The number of carbonyl (C=O) groups is 2. The van der Waals surface area contributed by atoms with Crippen LogP contribution >= 0.6 is 0 Å². The Bertz CT molecular complexity index is 411. The van der Waals surface area contributed by atoms with Gasteiger partial charge in [-0.2, -0.15) is 0 Å². The van der Waals surface area contributed by atoms with E-state index in [9.17, 15) is 9.59 Å². The second-order valence-corrected chi connectivity index (χ2v) is 2.92. The lowest BCUT2D eigenvalue weighted by molar-refractivity contribution is 0.0748. The zero-order valence-electron chi connectivity index (χ0n) is 8.97. The first-order valence-electron chi connectivity index (χ1n) is 4.54. The van der Waals surface area contributed by atoms with Gasteiger partial charge in [0.05, 0.1) is 7.11 Å². The lowest BCUT2D eigenvalue weighted by atomic mass is 10.1. The molecule has 1 aromatic carbocycles. The van der Waals surface area contributed by atoms with Crippen molar-refractivity contribution in [1.82, 2.24) is 0 Å². The molecule has 0 saturated heterocycles. The third-order valence-corrected chi connectivity index (χ3v) is 1.79. The molecule has 0 aliphatic carbocycles. The van der Waals surface area contributed by atoms with Crippen LogP contribution in [0.2, 0.25) is 0 Å². The van der Waals surface area contributed by atoms with Gasteiger partial charge in [-0.05, 0) is 6.92 Å². The van der Waals surface area contributed by atoms with E-state index in [1.165, 1.54) is 6.92 Å². The quantitative estimate of drug-likeness (QED) is 0.257. The monoisotopic (exact) mass is 221 g/mol. The molecule has 5 heteroatoms. The van der Waals surface area contributed by atoms with E-state index < -0.39 is 6.16 Å². The number of Topliss-reactive ketones (excluding diaryl/α,β-unsaturated/α-hetero) is 1. The molecular weight excluding hydrogens is 210 g/mol. The van der Waals surface area contributed by atoms with Crippen LogP contribution < -0.4 is 0 Å². The topological polar surface area (TPSA) is 65.0 Å². The fraction of sp³-hybridized carbons (Fsp3) is 0.182.